The number of furan rings is 1. The molecule has 8 nitrogen and oxygen atoms in total. The Labute approximate surface area is 195 Å². The molecule has 2 heterocycles. The van der Waals surface area contributed by atoms with Gasteiger partial charge in [0.1, 0.15) is 17.6 Å². The number of esters is 1. The number of benzene rings is 1. The van der Waals surface area contributed by atoms with Gasteiger partial charge in [0.25, 0.3) is 5.91 Å². The molecule has 172 valence electrons. The number of rotatable bonds is 9. The summed E-state index contributed by atoms with van der Waals surface area (Å²) in [5.74, 6) is -0.246. The first kappa shape index (κ1) is 23.9. The number of carbonyl (C=O) groups is 3. The van der Waals surface area contributed by atoms with Crippen molar-refractivity contribution < 1.29 is 23.5 Å². The molecule has 0 saturated carbocycles. The zero-order chi connectivity index (χ0) is 23.8. The van der Waals surface area contributed by atoms with Crippen LogP contribution in [0, 0.1) is 5.92 Å². The quantitative estimate of drug-likeness (QED) is 0.284. The molecule has 2 N–H and O–H groups in total. The van der Waals surface area contributed by atoms with Gasteiger partial charge in [-0.25, -0.2) is 10.2 Å². The maximum Gasteiger partial charge on any atom is 0.337 e. The van der Waals surface area contributed by atoms with E-state index in [0.29, 0.717) is 22.6 Å². The highest BCUT2D eigenvalue weighted by Gasteiger charge is 2.24. The van der Waals surface area contributed by atoms with Crippen molar-refractivity contribution in [1.82, 2.24) is 10.7 Å². The Bertz CT molecular complexity index is 1130. The van der Waals surface area contributed by atoms with E-state index in [1.165, 1.54) is 24.7 Å². The minimum atomic E-state index is -0.720. The number of ether oxygens (including phenoxy) is 1. The van der Waals surface area contributed by atoms with Crippen LogP contribution >= 0.6 is 11.3 Å². The monoisotopic (exact) mass is 467 g/mol. The third kappa shape index (κ3) is 6.63. The van der Waals surface area contributed by atoms with Gasteiger partial charge in [0.15, 0.2) is 0 Å². The van der Waals surface area contributed by atoms with Crippen molar-refractivity contribution in [3.8, 4) is 11.3 Å². The van der Waals surface area contributed by atoms with E-state index in [1.807, 2.05) is 31.4 Å². The molecule has 2 aromatic heterocycles. The van der Waals surface area contributed by atoms with E-state index in [4.69, 9.17) is 9.15 Å². The lowest BCUT2D eigenvalue weighted by Gasteiger charge is -2.20. The van der Waals surface area contributed by atoms with Crippen molar-refractivity contribution in [1.29, 1.82) is 0 Å². The third-order valence-corrected chi connectivity index (χ3v) is 5.62. The number of amides is 2. The average molecular weight is 468 g/mol. The molecule has 3 aromatic rings. The van der Waals surface area contributed by atoms with Crippen LogP contribution in [-0.2, 0) is 20.7 Å². The Balaban J connectivity index is 1.59. The van der Waals surface area contributed by atoms with E-state index < -0.39 is 17.9 Å². The Morgan fingerprint density at radius 3 is 2.67 bits per heavy atom. The van der Waals surface area contributed by atoms with Crippen molar-refractivity contribution in [3.05, 3.63) is 70.1 Å². The lowest BCUT2D eigenvalue weighted by atomic mass is 10.0. The topological polar surface area (TPSA) is 110 Å². The van der Waals surface area contributed by atoms with Crippen molar-refractivity contribution in [2.75, 3.05) is 7.11 Å². The molecule has 2 amide bonds. The number of hydrazone groups is 1. The van der Waals surface area contributed by atoms with Gasteiger partial charge in [-0.2, -0.15) is 5.10 Å². The van der Waals surface area contributed by atoms with Crippen molar-refractivity contribution in [2.45, 2.75) is 26.3 Å². The van der Waals surface area contributed by atoms with Gasteiger partial charge in [0, 0.05) is 10.4 Å². The van der Waals surface area contributed by atoms with E-state index in [0.717, 1.165) is 4.88 Å². The number of hydrogen-bond donors (Lipinski definition) is 2. The van der Waals surface area contributed by atoms with Gasteiger partial charge in [0.05, 0.1) is 25.3 Å². The fraction of sp³-hybridized carbons (Fsp3) is 0.250. The van der Waals surface area contributed by atoms with Crippen molar-refractivity contribution in [2.24, 2.45) is 11.0 Å². The second-order valence-corrected chi connectivity index (χ2v) is 8.59. The fourth-order valence-corrected chi connectivity index (χ4v) is 3.76. The van der Waals surface area contributed by atoms with Gasteiger partial charge in [-0.1, -0.05) is 32.0 Å². The van der Waals surface area contributed by atoms with Crippen LogP contribution in [0.4, 0.5) is 0 Å². The maximum absolute atomic E-state index is 12.6. The lowest BCUT2D eigenvalue weighted by molar-refractivity contribution is -0.129. The largest absolute Gasteiger partial charge is 0.465 e. The summed E-state index contributed by atoms with van der Waals surface area (Å²) in [7, 11) is 1.32. The molecular weight excluding hydrogens is 442 g/mol. The zero-order valence-corrected chi connectivity index (χ0v) is 19.3. The molecule has 9 heteroatoms. The van der Waals surface area contributed by atoms with Crippen LogP contribution in [0.5, 0.6) is 0 Å². The lowest BCUT2D eigenvalue weighted by Crippen LogP contribution is -2.49. The summed E-state index contributed by atoms with van der Waals surface area (Å²) in [5.41, 5.74) is 3.57. The molecule has 0 fully saturated rings. The summed E-state index contributed by atoms with van der Waals surface area (Å²) in [4.78, 5) is 37.5. The molecule has 3 rings (SSSR count). The van der Waals surface area contributed by atoms with Gasteiger partial charge in [-0.3, -0.25) is 9.59 Å². The van der Waals surface area contributed by atoms with E-state index in [2.05, 4.69) is 15.8 Å². The number of hydrogen-bond acceptors (Lipinski definition) is 7. The zero-order valence-electron chi connectivity index (χ0n) is 18.5. The SMILES string of the molecule is COC(=O)c1cccc(-c2ccc(/C=N\NC(=O)[C@@H](NC(=O)Cc3cccs3)C(C)C)o2)c1. The van der Waals surface area contributed by atoms with E-state index in [1.54, 1.807) is 36.4 Å². The smallest absolute Gasteiger partial charge is 0.337 e. The van der Waals surface area contributed by atoms with Crippen LogP contribution in [0.3, 0.4) is 0 Å². The number of nitrogens with zero attached hydrogens (tertiary/aromatic N) is 1. The van der Waals surface area contributed by atoms with Gasteiger partial charge >= 0.3 is 5.97 Å². The summed E-state index contributed by atoms with van der Waals surface area (Å²) in [6, 6.07) is 13.3. The minimum absolute atomic E-state index is 0.121. The average Bonchev–Trinajstić information content (AvgIpc) is 3.49. The highest BCUT2D eigenvalue weighted by atomic mass is 32.1. The predicted molar refractivity (Wildman–Crippen MR) is 126 cm³/mol. The van der Waals surface area contributed by atoms with Gasteiger partial charge in [-0.05, 0) is 41.6 Å². The first-order chi connectivity index (χ1) is 15.9. The number of nitrogens with one attached hydrogen (secondary N) is 2. The van der Waals surface area contributed by atoms with Crippen LogP contribution in [-0.4, -0.2) is 37.1 Å². The van der Waals surface area contributed by atoms with Gasteiger partial charge in [0.2, 0.25) is 5.91 Å². The molecular formula is C24H25N3O5S. The Kier molecular flexibility index (Phi) is 8.15. The number of thiophene rings is 1. The highest BCUT2D eigenvalue weighted by Crippen LogP contribution is 2.23. The molecule has 33 heavy (non-hydrogen) atoms. The van der Waals surface area contributed by atoms with E-state index >= 15 is 0 Å². The summed E-state index contributed by atoms with van der Waals surface area (Å²) in [6.45, 7) is 3.70. The molecule has 1 atom stereocenters. The minimum Gasteiger partial charge on any atom is -0.465 e. The van der Waals surface area contributed by atoms with Gasteiger partial charge < -0.3 is 14.5 Å². The first-order valence-electron chi connectivity index (χ1n) is 10.3. The van der Waals surface area contributed by atoms with Crippen LogP contribution < -0.4 is 10.7 Å². The summed E-state index contributed by atoms with van der Waals surface area (Å²) >= 11 is 1.49. The molecule has 0 radical (unpaired) electrons. The van der Waals surface area contributed by atoms with Crippen LogP contribution in [0.2, 0.25) is 0 Å². The Morgan fingerprint density at radius 2 is 1.97 bits per heavy atom. The van der Waals surface area contributed by atoms with Gasteiger partial charge in [-0.15, -0.1) is 11.3 Å². The molecule has 0 aliphatic rings. The molecule has 0 spiro atoms. The van der Waals surface area contributed by atoms with Crippen LogP contribution in [0.25, 0.3) is 11.3 Å². The third-order valence-electron chi connectivity index (χ3n) is 4.74. The predicted octanol–water partition coefficient (Wildman–Crippen LogP) is 3.63. The van der Waals surface area contributed by atoms with E-state index in [-0.39, 0.29) is 18.2 Å². The molecule has 0 saturated heterocycles. The summed E-state index contributed by atoms with van der Waals surface area (Å²) in [6.07, 6.45) is 1.60. The second-order valence-electron chi connectivity index (χ2n) is 7.55. The number of carbonyl (C=O) groups excluding carboxylic acids is 3. The Hall–Kier alpha value is -3.72. The van der Waals surface area contributed by atoms with Crippen LogP contribution in [0.1, 0.15) is 34.8 Å². The maximum atomic E-state index is 12.6. The van der Waals surface area contributed by atoms with Crippen molar-refractivity contribution >= 4 is 35.3 Å². The molecule has 0 aliphatic heterocycles. The molecule has 0 aliphatic carbocycles. The normalized spacial score (nSPS) is 12.0. The second kappa shape index (κ2) is 11.2. The standard InChI is InChI=1S/C24H25N3O5S/c1-15(2)22(26-21(28)13-19-8-5-11-33-19)23(29)27-25-14-18-9-10-20(32-18)16-6-4-7-17(12-16)24(30)31-3/h4-12,14-15,22H,13H2,1-3H3,(H,26,28)(H,27,29)/b25-14-/t22-/m0/s1. The number of methoxy groups -OCH3 is 1. The highest BCUT2D eigenvalue weighted by molar-refractivity contribution is 7.10. The molecule has 0 bridgehead atoms. The molecule has 0 unspecified atom stereocenters. The van der Waals surface area contributed by atoms with Crippen molar-refractivity contribution in [3.63, 3.8) is 0 Å². The molecule has 1 aromatic carbocycles. The fourth-order valence-electron chi connectivity index (χ4n) is 3.05. The Morgan fingerprint density at radius 1 is 1.15 bits per heavy atom. The van der Waals surface area contributed by atoms with E-state index in [9.17, 15) is 14.4 Å². The summed E-state index contributed by atoms with van der Waals surface area (Å²) in [5, 5.41) is 8.62. The van der Waals surface area contributed by atoms with Crippen LogP contribution in [0.15, 0.2) is 63.4 Å². The summed E-state index contributed by atoms with van der Waals surface area (Å²) < 4.78 is 10.5. The first-order valence-corrected chi connectivity index (χ1v) is 11.2.